The molecule has 2 aromatic carbocycles. The van der Waals surface area contributed by atoms with Crippen molar-refractivity contribution in [1.29, 1.82) is 0 Å². The highest BCUT2D eigenvalue weighted by Gasteiger charge is 2.14. The first-order valence-corrected chi connectivity index (χ1v) is 10.6. The van der Waals surface area contributed by atoms with Crippen LogP contribution < -0.4 is 5.56 Å². The predicted octanol–water partition coefficient (Wildman–Crippen LogP) is 5.44. The number of carbonyl (C=O) groups is 1. The molecule has 6 heteroatoms. The predicted molar refractivity (Wildman–Crippen MR) is 121 cm³/mol. The normalized spacial score (nSPS) is 10.9. The minimum absolute atomic E-state index is 0.0962. The van der Waals surface area contributed by atoms with E-state index < -0.39 is 5.97 Å². The molecule has 0 aliphatic carbocycles. The molecule has 156 valence electrons. The van der Waals surface area contributed by atoms with Gasteiger partial charge < -0.3 is 9.67 Å². The largest absolute Gasteiger partial charge is 0.478 e. The van der Waals surface area contributed by atoms with Gasteiger partial charge in [0.2, 0.25) is 0 Å². The molecule has 1 aromatic heterocycles. The lowest BCUT2D eigenvalue weighted by molar-refractivity contribution is 0.0697. The number of nitrogens with zero attached hydrogens (tertiary/aromatic N) is 1. The molecule has 3 aromatic rings. The SMILES string of the molecule is CCc1ccccc1CCc1c(Cl)cc(Cl)c(=O)n1CCc1ccc(C(=O)O)cc1. The van der Waals surface area contributed by atoms with Gasteiger partial charge in [-0.1, -0.05) is 66.5 Å². The van der Waals surface area contributed by atoms with Gasteiger partial charge in [-0.05, 0) is 60.6 Å². The lowest BCUT2D eigenvalue weighted by Gasteiger charge is -2.16. The van der Waals surface area contributed by atoms with E-state index in [4.69, 9.17) is 28.3 Å². The summed E-state index contributed by atoms with van der Waals surface area (Å²) in [5, 5.41) is 9.61. The number of hydrogen-bond donors (Lipinski definition) is 1. The minimum Gasteiger partial charge on any atom is -0.478 e. The zero-order chi connectivity index (χ0) is 21.7. The molecule has 0 aliphatic heterocycles. The second-order valence-corrected chi connectivity index (χ2v) is 7.93. The summed E-state index contributed by atoms with van der Waals surface area (Å²) in [5.74, 6) is -0.964. The van der Waals surface area contributed by atoms with Crippen LogP contribution in [0.5, 0.6) is 0 Å². The van der Waals surface area contributed by atoms with Crippen molar-refractivity contribution >= 4 is 29.2 Å². The van der Waals surface area contributed by atoms with Crippen molar-refractivity contribution in [3.63, 3.8) is 0 Å². The molecule has 0 radical (unpaired) electrons. The molecule has 0 saturated carbocycles. The number of rotatable bonds is 8. The van der Waals surface area contributed by atoms with Crippen LogP contribution in [-0.4, -0.2) is 15.6 Å². The quantitative estimate of drug-likeness (QED) is 0.503. The van der Waals surface area contributed by atoms with Gasteiger partial charge in [0.15, 0.2) is 0 Å². The molecule has 4 nitrogen and oxygen atoms in total. The molecule has 0 bridgehead atoms. The van der Waals surface area contributed by atoms with E-state index in [-0.39, 0.29) is 16.1 Å². The van der Waals surface area contributed by atoms with E-state index in [2.05, 4.69) is 19.1 Å². The Hall–Kier alpha value is -2.56. The zero-order valence-electron chi connectivity index (χ0n) is 16.7. The molecule has 30 heavy (non-hydrogen) atoms. The first-order valence-electron chi connectivity index (χ1n) is 9.87. The van der Waals surface area contributed by atoms with Crippen LogP contribution in [0, 0.1) is 0 Å². The Balaban J connectivity index is 1.84. The first-order chi connectivity index (χ1) is 14.4. The maximum absolute atomic E-state index is 12.7. The average Bonchev–Trinajstić information content (AvgIpc) is 2.75. The Morgan fingerprint density at radius 2 is 1.60 bits per heavy atom. The number of carboxylic acids is 1. The summed E-state index contributed by atoms with van der Waals surface area (Å²) in [5.41, 5.74) is 4.20. The second kappa shape index (κ2) is 9.96. The summed E-state index contributed by atoms with van der Waals surface area (Å²) in [6.45, 7) is 2.54. The van der Waals surface area contributed by atoms with Gasteiger partial charge in [0.1, 0.15) is 5.02 Å². The minimum atomic E-state index is -0.964. The number of halogens is 2. The molecule has 0 unspecified atom stereocenters. The van der Waals surface area contributed by atoms with Crippen LogP contribution in [0.15, 0.2) is 59.4 Å². The van der Waals surface area contributed by atoms with Crippen LogP contribution in [0.1, 0.15) is 39.7 Å². The molecule has 3 rings (SSSR count). The van der Waals surface area contributed by atoms with E-state index in [1.54, 1.807) is 28.8 Å². The number of carboxylic acid groups (broad SMARTS) is 1. The number of benzene rings is 2. The average molecular weight is 444 g/mol. The molecule has 1 heterocycles. The number of aromatic nitrogens is 1. The molecule has 0 fully saturated rings. The summed E-state index contributed by atoms with van der Waals surface area (Å²) >= 11 is 12.6. The lowest BCUT2D eigenvalue weighted by Crippen LogP contribution is -2.26. The van der Waals surface area contributed by atoms with E-state index in [1.807, 2.05) is 12.1 Å². The van der Waals surface area contributed by atoms with Gasteiger partial charge in [-0.3, -0.25) is 4.79 Å². The smallest absolute Gasteiger partial charge is 0.335 e. The number of aromatic carboxylic acids is 1. The Bertz CT molecular complexity index is 1100. The molecule has 0 atom stereocenters. The summed E-state index contributed by atoms with van der Waals surface area (Å²) in [6.07, 6.45) is 2.91. The van der Waals surface area contributed by atoms with Crippen LogP contribution >= 0.6 is 23.2 Å². The van der Waals surface area contributed by atoms with Crippen molar-refractivity contribution in [3.05, 3.63) is 103 Å². The van der Waals surface area contributed by atoms with Crippen LogP contribution in [0.25, 0.3) is 0 Å². The molecule has 0 amide bonds. The summed E-state index contributed by atoms with van der Waals surface area (Å²) in [6, 6.07) is 16.4. The maximum atomic E-state index is 12.7. The van der Waals surface area contributed by atoms with Crippen molar-refractivity contribution in [2.24, 2.45) is 0 Å². The van der Waals surface area contributed by atoms with Gasteiger partial charge in [-0.15, -0.1) is 0 Å². The Kier molecular flexibility index (Phi) is 7.35. The van der Waals surface area contributed by atoms with Crippen LogP contribution in [0.4, 0.5) is 0 Å². The van der Waals surface area contributed by atoms with Crippen molar-refractivity contribution in [3.8, 4) is 0 Å². The van der Waals surface area contributed by atoms with Crippen LogP contribution in [0.3, 0.4) is 0 Å². The highest BCUT2D eigenvalue weighted by Crippen LogP contribution is 2.22. The summed E-state index contributed by atoms with van der Waals surface area (Å²) < 4.78 is 1.64. The van der Waals surface area contributed by atoms with Gasteiger partial charge >= 0.3 is 5.97 Å². The van der Waals surface area contributed by atoms with Crippen LogP contribution in [0.2, 0.25) is 10.0 Å². The first kappa shape index (κ1) is 22.1. The third-order valence-corrected chi connectivity index (χ3v) is 5.86. The molecular weight excluding hydrogens is 421 g/mol. The number of pyridine rings is 1. The highest BCUT2D eigenvalue weighted by atomic mass is 35.5. The number of aryl methyl sites for hydroxylation is 3. The van der Waals surface area contributed by atoms with Gasteiger partial charge in [0, 0.05) is 12.2 Å². The molecular formula is C24H23Cl2NO3. The topological polar surface area (TPSA) is 59.3 Å². The molecule has 1 N–H and O–H groups in total. The fraction of sp³-hybridized carbons (Fsp3) is 0.250. The fourth-order valence-corrected chi connectivity index (χ4v) is 4.15. The van der Waals surface area contributed by atoms with Crippen molar-refractivity contribution in [1.82, 2.24) is 4.57 Å². The van der Waals surface area contributed by atoms with Gasteiger partial charge in [-0.25, -0.2) is 4.79 Å². The molecule has 0 aliphatic rings. The molecule has 0 spiro atoms. The van der Waals surface area contributed by atoms with Gasteiger partial charge in [0.25, 0.3) is 5.56 Å². The Labute approximate surface area is 185 Å². The zero-order valence-corrected chi connectivity index (χ0v) is 18.2. The Morgan fingerprint density at radius 1 is 0.933 bits per heavy atom. The van der Waals surface area contributed by atoms with Crippen molar-refractivity contribution in [2.45, 2.75) is 39.2 Å². The third kappa shape index (κ3) is 5.13. The highest BCUT2D eigenvalue weighted by molar-refractivity contribution is 6.34. The van der Waals surface area contributed by atoms with Gasteiger partial charge in [-0.2, -0.15) is 0 Å². The summed E-state index contributed by atoms with van der Waals surface area (Å²) in [4.78, 5) is 23.8. The third-order valence-electron chi connectivity index (χ3n) is 5.26. The Morgan fingerprint density at radius 3 is 2.23 bits per heavy atom. The van der Waals surface area contributed by atoms with E-state index in [9.17, 15) is 9.59 Å². The van der Waals surface area contributed by atoms with Crippen molar-refractivity contribution in [2.75, 3.05) is 0 Å². The van der Waals surface area contributed by atoms with Crippen LogP contribution in [-0.2, 0) is 32.2 Å². The van der Waals surface area contributed by atoms with E-state index in [0.717, 1.165) is 24.1 Å². The standard InChI is InChI=1S/C24H23Cl2NO3/c1-2-17-5-3-4-6-18(17)11-12-22-20(25)15-21(26)23(28)27(22)14-13-16-7-9-19(10-8-16)24(29)30/h3-10,15H,2,11-14H2,1H3,(H,29,30). The van der Waals surface area contributed by atoms with Crippen molar-refractivity contribution < 1.29 is 9.90 Å². The fourth-order valence-electron chi connectivity index (χ4n) is 3.58. The summed E-state index contributed by atoms with van der Waals surface area (Å²) in [7, 11) is 0. The number of hydrogen-bond acceptors (Lipinski definition) is 2. The second-order valence-electron chi connectivity index (χ2n) is 7.12. The van der Waals surface area contributed by atoms with E-state index in [1.165, 1.54) is 17.2 Å². The lowest BCUT2D eigenvalue weighted by atomic mass is 10.00. The maximum Gasteiger partial charge on any atom is 0.335 e. The van der Waals surface area contributed by atoms with E-state index in [0.29, 0.717) is 24.4 Å². The molecule has 0 saturated heterocycles. The van der Waals surface area contributed by atoms with E-state index >= 15 is 0 Å². The monoisotopic (exact) mass is 443 g/mol. The van der Waals surface area contributed by atoms with Gasteiger partial charge in [0.05, 0.1) is 10.6 Å².